The molecule has 136 valence electrons. The largest absolute Gasteiger partial charge is 0.350 e. The standard InChI is InChI=1S/C19H18F2N2O3/c1-12(24)14-4-3-5-16(10-14)23(13(2)25)9-8-22-19(26)15-6-7-17(20)18(21)11-15/h3-7,10-11H,8-9H2,1-2H3,(H,22,26). The molecule has 7 heteroatoms. The van der Waals surface area contributed by atoms with Crippen molar-refractivity contribution in [3.05, 3.63) is 65.2 Å². The maximum Gasteiger partial charge on any atom is 0.251 e. The lowest BCUT2D eigenvalue weighted by atomic mass is 10.1. The van der Waals surface area contributed by atoms with Gasteiger partial charge in [0.15, 0.2) is 17.4 Å². The molecule has 0 radical (unpaired) electrons. The van der Waals surface area contributed by atoms with Crippen LogP contribution in [0.4, 0.5) is 14.5 Å². The maximum atomic E-state index is 13.2. The molecule has 0 fully saturated rings. The Morgan fingerprint density at radius 2 is 1.69 bits per heavy atom. The molecule has 0 unspecified atom stereocenters. The first-order valence-electron chi connectivity index (χ1n) is 7.92. The van der Waals surface area contributed by atoms with E-state index >= 15 is 0 Å². The molecule has 0 aliphatic heterocycles. The molecule has 0 aromatic heterocycles. The number of carbonyl (C=O) groups is 3. The SMILES string of the molecule is CC(=O)c1cccc(N(CCNC(=O)c2ccc(F)c(F)c2)C(C)=O)c1. The lowest BCUT2D eigenvalue weighted by Crippen LogP contribution is -2.37. The minimum Gasteiger partial charge on any atom is -0.350 e. The molecule has 0 aliphatic carbocycles. The van der Waals surface area contributed by atoms with Crippen molar-refractivity contribution in [1.29, 1.82) is 0 Å². The molecule has 0 bridgehead atoms. The van der Waals surface area contributed by atoms with Crippen molar-refractivity contribution in [1.82, 2.24) is 5.32 Å². The van der Waals surface area contributed by atoms with E-state index < -0.39 is 17.5 Å². The van der Waals surface area contributed by atoms with Crippen molar-refractivity contribution in [2.75, 3.05) is 18.0 Å². The Labute approximate surface area is 149 Å². The van der Waals surface area contributed by atoms with Gasteiger partial charge in [-0.25, -0.2) is 8.78 Å². The molecule has 2 aromatic carbocycles. The predicted molar refractivity (Wildman–Crippen MR) is 93.2 cm³/mol. The topological polar surface area (TPSA) is 66.5 Å². The van der Waals surface area contributed by atoms with E-state index in [-0.39, 0.29) is 30.3 Å². The zero-order chi connectivity index (χ0) is 19.3. The van der Waals surface area contributed by atoms with Crippen LogP contribution in [0.3, 0.4) is 0 Å². The number of nitrogens with zero attached hydrogens (tertiary/aromatic N) is 1. The molecule has 1 N–H and O–H groups in total. The second-order valence-electron chi connectivity index (χ2n) is 5.66. The Morgan fingerprint density at radius 3 is 2.31 bits per heavy atom. The van der Waals surface area contributed by atoms with E-state index in [1.807, 2.05) is 0 Å². The summed E-state index contributed by atoms with van der Waals surface area (Å²) in [6.45, 7) is 3.06. The van der Waals surface area contributed by atoms with Crippen molar-refractivity contribution in [3.63, 3.8) is 0 Å². The second-order valence-corrected chi connectivity index (χ2v) is 5.66. The summed E-state index contributed by atoms with van der Waals surface area (Å²) in [4.78, 5) is 36.8. The van der Waals surface area contributed by atoms with Gasteiger partial charge in [0.2, 0.25) is 5.91 Å². The highest BCUT2D eigenvalue weighted by Crippen LogP contribution is 2.17. The number of ketones is 1. The Hall–Kier alpha value is -3.09. The first kappa shape index (κ1) is 19.2. The third kappa shape index (κ3) is 4.72. The number of carbonyl (C=O) groups excluding carboxylic acids is 3. The minimum atomic E-state index is -1.11. The molecule has 5 nitrogen and oxygen atoms in total. The highest BCUT2D eigenvalue weighted by molar-refractivity contribution is 5.97. The van der Waals surface area contributed by atoms with Crippen molar-refractivity contribution in [3.8, 4) is 0 Å². The number of nitrogens with one attached hydrogen (secondary N) is 1. The summed E-state index contributed by atoms with van der Waals surface area (Å²) in [5, 5.41) is 2.55. The lowest BCUT2D eigenvalue weighted by Gasteiger charge is -2.22. The molecule has 2 aromatic rings. The fourth-order valence-corrected chi connectivity index (χ4v) is 2.38. The third-order valence-corrected chi connectivity index (χ3v) is 3.75. The van der Waals surface area contributed by atoms with Gasteiger partial charge in [-0.2, -0.15) is 0 Å². The van der Waals surface area contributed by atoms with Crippen LogP contribution < -0.4 is 10.2 Å². The molecule has 0 saturated carbocycles. The number of hydrogen-bond donors (Lipinski definition) is 1. The van der Waals surface area contributed by atoms with Crippen LogP contribution in [0.15, 0.2) is 42.5 Å². The van der Waals surface area contributed by atoms with Crippen molar-refractivity contribution in [2.45, 2.75) is 13.8 Å². The van der Waals surface area contributed by atoms with Gasteiger partial charge < -0.3 is 10.2 Å². The van der Waals surface area contributed by atoms with Crippen LogP contribution in [0, 0.1) is 11.6 Å². The monoisotopic (exact) mass is 360 g/mol. The number of Topliss-reactive ketones (excluding diaryl/α,β-unsaturated/α-hetero) is 1. The van der Waals surface area contributed by atoms with Crippen molar-refractivity contribution >= 4 is 23.3 Å². The smallest absolute Gasteiger partial charge is 0.251 e. The minimum absolute atomic E-state index is 0.0168. The van der Waals surface area contributed by atoms with Gasteiger partial charge in [0, 0.05) is 36.8 Å². The van der Waals surface area contributed by atoms with Crippen LogP contribution in [0.25, 0.3) is 0 Å². The maximum absolute atomic E-state index is 13.2. The van der Waals surface area contributed by atoms with E-state index in [0.29, 0.717) is 11.3 Å². The Bertz CT molecular complexity index is 852. The summed E-state index contributed by atoms with van der Waals surface area (Å²) in [5.41, 5.74) is 0.990. The van der Waals surface area contributed by atoms with E-state index in [4.69, 9.17) is 0 Å². The van der Waals surface area contributed by atoms with Gasteiger partial charge in [0.05, 0.1) is 0 Å². The zero-order valence-electron chi connectivity index (χ0n) is 14.4. The van der Waals surface area contributed by atoms with Crippen molar-refractivity contribution in [2.24, 2.45) is 0 Å². The summed E-state index contributed by atoms with van der Waals surface area (Å²) < 4.78 is 26.1. The van der Waals surface area contributed by atoms with Gasteiger partial charge in [-0.3, -0.25) is 14.4 Å². The molecule has 2 rings (SSSR count). The number of halogens is 2. The second kappa shape index (κ2) is 8.33. The molecule has 0 atom stereocenters. The third-order valence-electron chi connectivity index (χ3n) is 3.75. The molecule has 0 spiro atoms. The summed E-state index contributed by atoms with van der Waals surface area (Å²) in [5.74, 6) is -3.10. The average molecular weight is 360 g/mol. The molecule has 26 heavy (non-hydrogen) atoms. The van der Waals surface area contributed by atoms with Crippen LogP contribution >= 0.6 is 0 Å². The van der Waals surface area contributed by atoms with Crippen LogP contribution in [0.2, 0.25) is 0 Å². The molecular formula is C19H18F2N2O3. The van der Waals surface area contributed by atoms with Crippen LogP contribution in [-0.4, -0.2) is 30.7 Å². The summed E-state index contributed by atoms with van der Waals surface area (Å²) in [7, 11) is 0. The molecule has 0 heterocycles. The van der Waals surface area contributed by atoms with Crippen LogP contribution in [0.1, 0.15) is 34.6 Å². The van der Waals surface area contributed by atoms with Gasteiger partial charge in [0.25, 0.3) is 5.91 Å². The van der Waals surface area contributed by atoms with Crippen LogP contribution in [-0.2, 0) is 4.79 Å². The summed E-state index contributed by atoms with van der Waals surface area (Å²) >= 11 is 0. The zero-order valence-corrected chi connectivity index (χ0v) is 14.4. The Morgan fingerprint density at radius 1 is 0.962 bits per heavy atom. The first-order chi connectivity index (χ1) is 12.3. The predicted octanol–water partition coefficient (Wildman–Crippen LogP) is 2.95. The quantitative estimate of drug-likeness (QED) is 0.806. The Balaban J connectivity index is 2.04. The van der Waals surface area contributed by atoms with Gasteiger partial charge in [-0.05, 0) is 37.3 Å². The highest BCUT2D eigenvalue weighted by Gasteiger charge is 2.14. The van der Waals surface area contributed by atoms with Crippen LogP contribution in [0.5, 0.6) is 0 Å². The average Bonchev–Trinajstić information content (AvgIpc) is 2.60. The van der Waals surface area contributed by atoms with E-state index in [9.17, 15) is 23.2 Å². The number of rotatable bonds is 6. The number of amides is 2. The molecule has 0 saturated heterocycles. The summed E-state index contributed by atoms with van der Waals surface area (Å²) in [6, 6.07) is 9.46. The lowest BCUT2D eigenvalue weighted by molar-refractivity contribution is -0.116. The van der Waals surface area contributed by atoms with E-state index in [0.717, 1.165) is 12.1 Å². The van der Waals surface area contributed by atoms with Gasteiger partial charge >= 0.3 is 0 Å². The first-order valence-corrected chi connectivity index (χ1v) is 7.92. The van der Waals surface area contributed by atoms with Crippen molar-refractivity contribution < 1.29 is 23.2 Å². The molecule has 2 amide bonds. The number of hydrogen-bond acceptors (Lipinski definition) is 3. The number of benzene rings is 2. The van der Waals surface area contributed by atoms with E-state index in [2.05, 4.69) is 5.32 Å². The molecular weight excluding hydrogens is 342 g/mol. The van der Waals surface area contributed by atoms with E-state index in [1.165, 1.54) is 24.8 Å². The van der Waals surface area contributed by atoms with Gasteiger partial charge in [-0.15, -0.1) is 0 Å². The molecule has 0 aliphatic rings. The number of anilines is 1. The summed E-state index contributed by atoms with van der Waals surface area (Å²) in [6.07, 6.45) is 0. The normalized spacial score (nSPS) is 10.3. The van der Waals surface area contributed by atoms with Gasteiger partial charge in [0.1, 0.15) is 0 Å². The highest BCUT2D eigenvalue weighted by atomic mass is 19.2. The fraction of sp³-hybridized carbons (Fsp3) is 0.211. The Kier molecular flexibility index (Phi) is 6.16. The van der Waals surface area contributed by atoms with E-state index in [1.54, 1.807) is 24.3 Å². The fourth-order valence-electron chi connectivity index (χ4n) is 2.38. The van der Waals surface area contributed by atoms with Gasteiger partial charge in [-0.1, -0.05) is 12.1 Å².